The zero-order valence-corrected chi connectivity index (χ0v) is 31.8. The summed E-state index contributed by atoms with van der Waals surface area (Å²) in [6, 6.07) is 44.3. The van der Waals surface area contributed by atoms with E-state index in [1.165, 1.54) is 5.56 Å². The maximum absolute atomic E-state index is 13.5. The molecule has 0 fully saturated rings. The van der Waals surface area contributed by atoms with Gasteiger partial charge in [0.1, 0.15) is 34.2 Å². The predicted octanol–water partition coefficient (Wildman–Crippen LogP) is 10.4. The van der Waals surface area contributed by atoms with Gasteiger partial charge in [-0.15, -0.1) is 0 Å². The van der Waals surface area contributed by atoms with Crippen LogP contribution in [0.1, 0.15) is 63.8 Å². The number of ether oxygens (including phenoxy) is 3. The van der Waals surface area contributed by atoms with Crippen LogP contribution >= 0.6 is 0 Å². The maximum Gasteiger partial charge on any atom is 0.206 e. The van der Waals surface area contributed by atoms with E-state index in [0.29, 0.717) is 28.6 Å². The van der Waals surface area contributed by atoms with Crippen molar-refractivity contribution in [1.82, 2.24) is 0 Å². The van der Waals surface area contributed by atoms with Crippen molar-refractivity contribution in [3.63, 3.8) is 0 Å². The van der Waals surface area contributed by atoms with Crippen LogP contribution in [0.4, 0.5) is 11.4 Å². The Kier molecular flexibility index (Phi) is 10.0. The Labute approximate surface area is 313 Å². The minimum atomic E-state index is -3.76. The van der Waals surface area contributed by atoms with Crippen molar-refractivity contribution in [3.05, 3.63) is 168 Å². The largest absolute Gasteiger partial charge is 0.483 e. The van der Waals surface area contributed by atoms with Gasteiger partial charge in [-0.1, -0.05) is 62.4 Å². The zero-order valence-electron chi connectivity index (χ0n) is 31.0. The highest BCUT2D eigenvalue weighted by Gasteiger charge is 2.27. The summed E-state index contributed by atoms with van der Waals surface area (Å²) >= 11 is 0. The monoisotopic (exact) mass is 726 g/mol. The highest BCUT2D eigenvalue weighted by Crippen LogP contribution is 2.36. The molecule has 0 amide bonds. The molecule has 7 nitrogen and oxygen atoms in total. The topological polar surface area (TPSA) is 114 Å². The summed E-state index contributed by atoms with van der Waals surface area (Å²) in [6.45, 7) is 12.4. The third-order valence-corrected chi connectivity index (χ3v) is 11.4. The molecule has 272 valence electrons. The van der Waals surface area contributed by atoms with Crippen LogP contribution in [0, 0.1) is 0 Å². The van der Waals surface area contributed by atoms with Crippen LogP contribution in [0.25, 0.3) is 0 Å². The number of hydrogen-bond donors (Lipinski definition) is 2. The second kappa shape index (κ2) is 14.4. The third kappa shape index (κ3) is 8.34. The lowest BCUT2D eigenvalue weighted by molar-refractivity contribution is 0.108. The van der Waals surface area contributed by atoms with Crippen molar-refractivity contribution in [1.29, 1.82) is 0 Å². The van der Waals surface area contributed by atoms with E-state index in [-0.39, 0.29) is 15.2 Å². The molecule has 0 aromatic heterocycles. The SMILES string of the molecule is CC(C)(Oc1ccc(S(=O)(=O)c2ccc(Oc3ccc(C(C)(C)c4ccc(C(C)(C)Oc5ccc(N)cc5)cc4)cc3)cc2)cc1)c1ccc(N)cc1. The first-order chi connectivity index (χ1) is 25.0. The van der Waals surface area contributed by atoms with Crippen molar-refractivity contribution in [2.45, 2.75) is 68.0 Å². The molecule has 0 aliphatic heterocycles. The van der Waals surface area contributed by atoms with E-state index in [9.17, 15) is 8.42 Å². The number of nitrogen functional groups attached to an aromatic ring is 2. The van der Waals surface area contributed by atoms with Crippen LogP contribution in [-0.2, 0) is 26.5 Å². The van der Waals surface area contributed by atoms with E-state index in [4.69, 9.17) is 25.7 Å². The molecule has 0 atom stereocenters. The Morgan fingerprint density at radius 3 is 1.09 bits per heavy atom. The fourth-order valence-corrected chi connectivity index (χ4v) is 7.43. The molecule has 0 aliphatic carbocycles. The van der Waals surface area contributed by atoms with Gasteiger partial charge in [-0.05, 0) is 147 Å². The number of hydrogen-bond acceptors (Lipinski definition) is 7. The molecule has 0 spiro atoms. The summed E-state index contributed by atoms with van der Waals surface area (Å²) < 4.78 is 45.5. The Balaban J connectivity index is 1.08. The van der Waals surface area contributed by atoms with E-state index >= 15 is 0 Å². The number of nitrogens with two attached hydrogens (primary N) is 2. The fraction of sp³-hybridized carbons (Fsp3) is 0.200. The first-order valence-electron chi connectivity index (χ1n) is 17.5. The fourth-order valence-electron chi connectivity index (χ4n) is 6.17. The van der Waals surface area contributed by atoms with E-state index in [2.05, 4.69) is 64.1 Å². The van der Waals surface area contributed by atoms with Crippen LogP contribution < -0.4 is 25.7 Å². The minimum Gasteiger partial charge on any atom is -0.483 e. The van der Waals surface area contributed by atoms with E-state index in [1.54, 1.807) is 48.5 Å². The second-order valence-electron chi connectivity index (χ2n) is 14.7. The van der Waals surface area contributed by atoms with Crippen LogP contribution in [0.5, 0.6) is 23.0 Å². The molecule has 6 aromatic rings. The normalized spacial score (nSPS) is 12.3. The van der Waals surface area contributed by atoms with Crippen LogP contribution in [0.15, 0.2) is 155 Å². The maximum atomic E-state index is 13.5. The Morgan fingerprint density at radius 1 is 0.396 bits per heavy atom. The molecule has 0 heterocycles. The molecule has 8 heteroatoms. The summed E-state index contributed by atoms with van der Waals surface area (Å²) in [7, 11) is -3.76. The van der Waals surface area contributed by atoms with Gasteiger partial charge in [0.05, 0.1) is 9.79 Å². The van der Waals surface area contributed by atoms with Gasteiger partial charge in [-0.2, -0.15) is 0 Å². The van der Waals surface area contributed by atoms with Crippen molar-refractivity contribution in [2.75, 3.05) is 11.5 Å². The van der Waals surface area contributed by atoms with Crippen LogP contribution in [0.2, 0.25) is 0 Å². The van der Waals surface area contributed by atoms with Crippen LogP contribution in [0.3, 0.4) is 0 Å². The van der Waals surface area contributed by atoms with Crippen molar-refractivity contribution < 1.29 is 22.6 Å². The molecule has 0 bridgehead atoms. The molecule has 0 saturated heterocycles. The van der Waals surface area contributed by atoms with Crippen molar-refractivity contribution in [2.24, 2.45) is 0 Å². The Hall–Kier alpha value is -5.73. The lowest BCUT2D eigenvalue weighted by Crippen LogP contribution is -2.26. The molecule has 0 saturated carbocycles. The number of benzene rings is 6. The molecule has 53 heavy (non-hydrogen) atoms. The van der Waals surface area contributed by atoms with Gasteiger partial charge in [0.2, 0.25) is 9.84 Å². The van der Waals surface area contributed by atoms with Crippen molar-refractivity contribution >= 4 is 21.2 Å². The molecular weight excluding hydrogens is 681 g/mol. The predicted molar refractivity (Wildman–Crippen MR) is 212 cm³/mol. The second-order valence-corrected chi connectivity index (χ2v) is 16.6. The lowest BCUT2D eigenvalue weighted by atomic mass is 9.77. The molecule has 0 radical (unpaired) electrons. The molecular formula is C45H46N2O5S. The summed E-state index contributed by atoms with van der Waals surface area (Å²) in [5.41, 5.74) is 15.9. The molecule has 6 rings (SSSR count). The van der Waals surface area contributed by atoms with Gasteiger partial charge in [0, 0.05) is 16.8 Å². The Bertz CT molecular complexity index is 2260. The standard InChI is InChI=1S/C45H46N2O5S/c1-43(2,31-7-9-33(10-8-31)44(3,4)51-39-21-17-36(47)18-22-39)32-13-19-37(20-14-32)50-38-23-27-41(28-24-38)53(48,49)42-29-25-40(26-30-42)52-45(5,6)34-11-15-35(46)16-12-34/h7-30H,46-47H2,1-6H3. The van der Waals surface area contributed by atoms with Crippen LogP contribution in [-0.4, -0.2) is 8.42 Å². The average Bonchev–Trinajstić information content (AvgIpc) is 3.13. The zero-order chi connectivity index (χ0) is 38.0. The molecule has 4 N–H and O–H groups in total. The number of anilines is 2. The highest BCUT2D eigenvalue weighted by molar-refractivity contribution is 7.91. The van der Waals surface area contributed by atoms with Gasteiger partial charge >= 0.3 is 0 Å². The summed E-state index contributed by atoms with van der Waals surface area (Å²) in [5.74, 6) is 2.50. The minimum absolute atomic E-state index is 0.170. The smallest absolute Gasteiger partial charge is 0.206 e. The number of sulfone groups is 1. The number of rotatable bonds is 12. The van der Waals surface area contributed by atoms with Crippen molar-refractivity contribution in [3.8, 4) is 23.0 Å². The van der Waals surface area contributed by atoms with Gasteiger partial charge in [-0.25, -0.2) is 8.42 Å². The third-order valence-electron chi connectivity index (χ3n) is 9.61. The lowest BCUT2D eigenvalue weighted by Gasteiger charge is -2.30. The average molecular weight is 727 g/mol. The van der Waals surface area contributed by atoms with Gasteiger partial charge in [0.25, 0.3) is 0 Å². The van der Waals surface area contributed by atoms with E-state index in [0.717, 1.165) is 22.4 Å². The quantitative estimate of drug-likeness (QED) is 0.121. The molecule has 0 unspecified atom stereocenters. The van der Waals surface area contributed by atoms with Gasteiger partial charge in [-0.3, -0.25) is 0 Å². The van der Waals surface area contributed by atoms with Gasteiger partial charge < -0.3 is 25.7 Å². The summed E-state index contributed by atoms with van der Waals surface area (Å²) in [4.78, 5) is 0.343. The first-order valence-corrected chi connectivity index (χ1v) is 19.0. The van der Waals surface area contributed by atoms with E-state index in [1.807, 2.05) is 74.5 Å². The van der Waals surface area contributed by atoms with Gasteiger partial charge in [0.15, 0.2) is 0 Å². The molecule has 6 aromatic carbocycles. The van der Waals surface area contributed by atoms with E-state index < -0.39 is 21.0 Å². The Morgan fingerprint density at radius 2 is 0.679 bits per heavy atom. The first kappa shape index (κ1) is 37.0. The highest BCUT2D eigenvalue weighted by atomic mass is 32.2. The summed E-state index contributed by atoms with van der Waals surface area (Å²) in [5, 5.41) is 0. The molecule has 0 aliphatic rings. The summed E-state index contributed by atoms with van der Waals surface area (Å²) in [6.07, 6.45) is 0.